The lowest BCUT2D eigenvalue weighted by Crippen LogP contribution is -2.33. The zero-order valence-electron chi connectivity index (χ0n) is 15.9. The number of fused-ring (bicyclic) bond motifs is 1. The van der Waals surface area contributed by atoms with Gasteiger partial charge in [0.05, 0.1) is 10.5 Å². The van der Waals surface area contributed by atoms with Crippen LogP contribution in [0.1, 0.15) is 25.0 Å². The Kier molecular flexibility index (Phi) is 5.09. The summed E-state index contributed by atoms with van der Waals surface area (Å²) < 4.78 is 0. The van der Waals surface area contributed by atoms with Crippen LogP contribution in [0.15, 0.2) is 65.7 Å². The van der Waals surface area contributed by atoms with Crippen molar-refractivity contribution in [1.29, 1.82) is 0 Å². The molecule has 3 aromatic rings. The number of nitrogens with zero attached hydrogens (tertiary/aromatic N) is 1. The van der Waals surface area contributed by atoms with Gasteiger partial charge in [-0.2, -0.15) is 0 Å². The lowest BCUT2D eigenvalue weighted by atomic mass is 10.1. The molecule has 0 aliphatic carbocycles. The summed E-state index contributed by atoms with van der Waals surface area (Å²) in [4.78, 5) is 31.4. The summed E-state index contributed by atoms with van der Waals surface area (Å²) in [6, 6.07) is 17.6. The molecule has 1 N–H and O–H groups in total. The highest BCUT2D eigenvalue weighted by Crippen LogP contribution is 2.38. The fourth-order valence-corrected chi connectivity index (χ4v) is 4.54. The molecule has 4 rings (SSSR count). The first-order chi connectivity index (χ1) is 13.6. The maximum Gasteiger partial charge on any atom is 0.268 e. The summed E-state index contributed by atoms with van der Waals surface area (Å²) in [5, 5.41) is 1.36. The number of amides is 2. The Morgan fingerprint density at radius 3 is 2.43 bits per heavy atom. The molecule has 2 amide bonds. The van der Waals surface area contributed by atoms with Crippen LogP contribution in [0, 0.1) is 0 Å². The largest absolute Gasteiger partial charge is 0.361 e. The van der Waals surface area contributed by atoms with E-state index in [4.69, 9.17) is 0 Å². The predicted octanol–water partition coefficient (Wildman–Crippen LogP) is 4.63. The predicted molar refractivity (Wildman–Crippen MR) is 115 cm³/mol. The third-order valence-corrected chi connectivity index (χ3v) is 5.91. The van der Waals surface area contributed by atoms with E-state index in [0.717, 1.165) is 22.0 Å². The number of carbonyl (C=O) groups excluding carboxylic acids is 2. The second-order valence-corrected chi connectivity index (χ2v) is 8.69. The number of carbonyl (C=O) groups is 2. The lowest BCUT2D eigenvalue weighted by molar-refractivity contribution is -0.136. The molecular formula is C23H22N2O2S. The number of nitrogens with one attached hydrogen (secondary N) is 1. The Bertz CT molecular complexity index is 1070. The lowest BCUT2D eigenvalue weighted by Gasteiger charge is -2.15. The van der Waals surface area contributed by atoms with E-state index in [2.05, 4.69) is 11.1 Å². The summed E-state index contributed by atoms with van der Waals surface area (Å²) in [6.07, 6.45) is 2.59. The number of H-pyrrole nitrogens is 1. The molecule has 0 fully saturated rings. The normalized spacial score (nSPS) is 14.8. The minimum Gasteiger partial charge on any atom is -0.361 e. The first-order valence-electron chi connectivity index (χ1n) is 9.44. The number of rotatable bonds is 6. The summed E-state index contributed by atoms with van der Waals surface area (Å²) in [6.45, 7) is 4.44. The number of thioether (sulfide) groups is 1. The van der Waals surface area contributed by atoms with E-state index in [9.17, 15) is 9.59 Å². The maximum absolute atomic E-state index is 13.2. The number of para-hydroxylation sites is 1. The number of hydrogen-bond acceptors (Lipinski definition) is 3. The highest BCUT2D eigenvalue weighted by molar-refractivity contribution is 8.04. The van der Waals surface area contributed by atoms with Crippen molar-refractivity contribution >= 4 is 40.1 Å². The van der Waals surface area contributed by atoms with E-state index in [0.29, 0.717) is 23.4 Å². The fourth-order valence-electron chi connectivity index (χ4n) is 3.53. The molecule has 0 saturated heterocycles. The van der Waals surface area contributed by atoms with Gasteiger partial charge in [-0.1, -0.05) is 62.4 Å². The number of imide groups is 1. The minimum absolute atomic E-state index is 0.178. The number of hydrogen-bond donors (Lipinski definition) is 1. The molecule has 1 aliphatic heterocycles. The van der Waals surface area contributed by atoms with Gasteiger partial charge in [0, 0.05) is 28.9 Å². The molecule has 0 unspecified atom stereocenters. The molecule has 4 nitrogen and oxygen atoms in total. The van der Waals surface area contributed by atoms with Crippen LogP contribution in [0.2, 0.25) is 0 Å². The molecule has 1 aliphatic rings. The summed E-state index contributed by atoms with van der Waals surface area (Å²) in [7, 11) is 0. The topological polar surface area (TPSA) is 53.2 Å². The van der Waals surface area contributed by atoms with E-state index < -0.39 is 0 Å². The van der Waals surface area contributed by atoms with Crippen LogP contribution in [-0.2, 0) is 16.0 Å². The zero-order valence-corrected chi connectivity index (χ0v) is 16.8. The first-order valence-corrected chi connectivity index (χ1v) is 10.3. The van der Waals surface area contributed by atoms with Gasteiger partial charge < -0.3 is 4.98 Å². The summed E-state index contributed by atoms with van der Waals surface area (Å²) in [5.41, 5.74) is 3.51. The van der Waals surface area contributed by atoms with Crippen molar-refractivity contribution in [2.24, 2.45) is 0 Å². The molecule has 0 spiro atoms. The highest BCUT2D eigenvalue weighted by atomic mass is 32.2. The van der Waals surface area contributed by atoms with Gasteiger partial charge in [0.25, 0.3) is 11.8 Å². The molecule has 0 saturated carbocycles. The second kappa shape index (κ2) is 7.68. The SMILES string of the molecule is CC(C)SC1=C(c2ccccc2)C(=O)N(CCc2c[nH]c3ccccc23)C1=O. The van der Waals surface area contributed by atoms with Crippen molar-refractivity contribution in [3.05, 3.63) is 76.8 Å². The van der Waals surface area contributed by atoms with Crippen molar-refractivity contribution < 1.29 is 9.59 Å². The van der Waals surface area contributed by atoms with Crippen LogP contribution in [0.4, 0.5) is 0 Å². The summed E-state index contributed by atoms with van der Waals surface area (Å²) in [5.74, 6) is -0.374. The van der Waals surface area contributed by atoms with Gasteiger partial charge in [-0.05, 0) is 23.6 Å². The van der Waals surface area contributed by atoms with E-state index >= 15 is 0 Å². The fraction of sp³-hybridized carbons (Fsp3) is 0.217. The van der Waals surface area contributed by atoms with Gasteiger partial charge in [-0.25, -0.2) is 0 Å². The average Bonchev–Trinajstić information content (AvgIpc) is 3.20. The molecule has 0 bridgehead atoms. The van der Waals surface area contributed by atoms with Crippen molar-refractivity contribution in [3.63, 3.8) is 0 Å². The monoisotopic (exact) mass is 390 g/mol. The molecule has 2 aromatic carbocycles. The Morgan fingerprint density at radius 1 is 0.964 bits per heavy atom. The molecular weight excluding hydrogens is 368 g/mol. The average molecular weight is 391 g/mol. The Labute approximate surface area is 168 Å². The van der Waals surface area contributed by atoms with E-state index in [1.54, 1.807) is 0 Å². The van der Waals surface area contributed by atoms with Crippen molar-refractivity contribution in [2.45, 2.75) is 25.5 Å². The van der Waals surface area contributed by atoms with Gasteiger partial charge in [0.15, 0.2) is 0 Å². The number of aromatic amines is 1. The Hall–Kier alpha value is -2.79. The third kappa shape index (κ3) is 3.38. The molecule has 0 atom stereocenters. The van der Waals surface area contributed by atoms with Gasteiger partial charge in [-0.3, -0.25) is 14.5 Å². The van der Waals surface area contributed by atoms with Crippen LogP contribution in [0.25, 0.3) is 16.5 Å². The first kappa shape index (κ1) is 18.6. The number of benzene rings is 2. The van der Waals surface area contributed by atoms with Crippen LogP contribution in [0.3, 0.4) is 0 Å². The van der Waals surface area contributed by atoms with Crippen molar-refractivity contribution in [2.75, 3.05) is 6.54 Å². The van der Waals surface area contributed by atoms with Gasteiger partial charge in [0.1, 0.15) is 0 Å². The number of aromatic nitrogens is 1. The molecule has 2 heterocycles. The van der Waals surface area contributed by atoms with E-state index in [-0.39, 0.29) is 17.1 Å². The van der Waals surface area contributed by atoms with Gasteiger partial charge in [-0.15, -0.1) is 11.8 Å². The van der Waals surface area contributed by atoms with E-state index in [1.807, 2.05) is 68.6 Å². The van der Waals surface area contributed by atoms with Gasteiger partial charge in [0.2, 0.25) is 0 Å². The quantitative estimate of drug-likeness (QED) is 0.624. The summed E-state index contributed by atoms with van der Waals surface area (Å²) >= 11 is 1.47. The Balaban J connectivity index is 1.61. The minimum atomic E-state index is -0.195. The smallest absolute Gasteiger partial charge is 0.268 e. The van der Waals surface area contributed by atoms with Crippen LogP contribution in [-0.4, -0.2) is 33.5 Å². The zero-order chi connectivity index (χ0) is 19.7. The molecule has 0 radical (unpaired) electrons. The molecule has 142 valence electrons. The van der Waals surface area contributed by atoms with Crippen LogP contribution < -0.4 is 0 Å². The molecule has 28 heavy (non-hydrogen) atoms. The highest BCUT2D eigenvalue weighted by Gasteiger charge is 2.39. The third-order valence-electron chi connectivity index (χ3n) is 4.82. The Morgan fingerprint density at radius 2 is 1.68 bits per heavy atom. The second-order valence-electron chi connectivity index (χ2n) is 7.11. The maximum atomic E-state index is 13.2. The van der Waals surface area contributed by atoms with Crippen molar-refractivity contribution in [1.82, 2.24) is 9.88 Å². The van der Waals surface area contributed by atoms with Gasteiger partial charge >= 0.3 is 0 Å². The molecule has 1 aromatic heterocycles. The molecule has 5 heteroatoms. The van der Waals surface area contributed by atoms with E-state index in [1.165, 1.54) is 16.7 Å². The van der Waals surface area contributed by atoms with Crippen LogP contribution >= 0.6 is 11.8 Å². The standard InChI is InChI=1S/C23H22N2O2S/c1-15(2)28-21-20(16-8-4-3-5-9-16)22(26)25(23(21)27)13-12-17-14-24-19-11-7-6-10-18(17)19/h3-11,14-15,24H,12-13H2,1-2H3. The van der Waals surface area contributed by atoms with Crippen LogP contribution in [0.5, 0.6) is 0 Å². The van der Waals surface area contributed by atoms with Crippen molar-refractivity contribution in [3.8, 4) is 0 Å².